The number of likely N-dealkylation sites (tertiary alicyclic amines) is 1. The number of carbonyl (C=O) groups is 4. The van der Waals surface area contributed by atoms with Crippen molar-refractivity contribution >= 4 is 40.9 Å². The fourth-order valence-corrected chi connectivity index (χ4v) is 10.0. The van der Waals surface area contributed by atoms with E-state index in [2.05, 4.69) is 6.08 Å². The first-order valence-corrected chi connectivity index (χ1v) is 17.9. The average molecular weight is 679 g/mol. The van der Waals surface area contributed by atoms with E-state index in [1.807, 2.05) is 37.3 Å². The van der Waals surface area contributed by atoms with Crippen molar-refractivity contribution in [2.45, 2.75) is 69.2 Å². The number of benzene rings is 3. The molecule has 4 amide bonds. The van der Waals surface area contributed by atoms with Crippen LogP contribution >= 0.6 is 11.6 Å². The van der Waals surface area contributed by atoms with E-state index in [4.69, 9.17) is 16.3 Å². The van der Waals surface area contributed by atoms with Crippen molar-refractivity contribution in [1.29, 1.82) is 0 Å². The third-order valence-corrected chi connectivity index (χ3v) is 12.0. The van der Waals surface area contributed by atoms with Crippen LogP contribution in [0.15, 0.2) is 84.4 Å². The van der Waals surface area contributed by atoms with Gasteiger partial charge in [-0.2, -0.15) is 0 Å². The number of ether oxygens (including phenoxy) is 1. The lowest BCUT2D eigenvalue weighted by atomic mass is 9.49. The van der Waals surface area contributed by atoms with E-state index in [1.54, 1.807) is 47.4 Å². The van der Waals surface area contributed by atoms with Gasteiger partial charge >= 0.3 is 0 Å². The van der Waals surface area contributed by atoms with Gasteiger partial charge in [0.15, 0.2) is 11.5 Å². The minimum Gasteiger partial charge on any atom is -0.504 e. The zero-order chi connectivity index (χ0) is 34.0. The second-order valence-electron chi connectivity index (χ2n) is 14.1. The number of phenolic OH excluding ortho intramolecular Hbond substituents is 1. The van der Waals surface area contributed by atoms with Crippen LogP contribution in [0.3, 0.4) is 0 Å². The lowest BCUT2D eigenvalue weighted by molar-refractivity contribution is -0.143. The number of hydrogen-bond donors (Lipinski definition) is 1. The number of allylic oxidation sites excluding steroid dienone is 2. The SMILES string of the molecule is CCOc1cc(C2C3=CCC4C(=O)N(C5CCCCC5)C(=O)C4C3CC3C(=O)N(c4cccc(Cl)c4)C(=O)C32c2ccccc2)ccc1O. The highest BCUT2D eigenvalue weighted by Gasteiger charge is 2.70. The number of imide groups is 2. The Morgan fingerprint density at radius 3 is 2.39 bits per heavy atom. The van der Waals surface area contributed by atoms with Gasteiger partial charge in [0.2, 0.25) is 23.6 Å². The molecule has 6 atom stereocenters. The molecule has 3 aromatic rings. The van der Waals surface area contributed by atoms with Crippen molar-refractivity contribution in [3.63, 3.8) is 0 Å². The molecule has 2 heterocycles. The summed E-state index contributed by atoms with van der Waals surface area (Å²) in [5.41, 5.74) is 1.27. The van der Waals surface area contributed by atoms with E-state index in [9.17, 15) is 19.5 Å². The maximum Gasteiger partial charge on any atom is 0.246 e. The van der Waals surface area contributed by atoms with Gasteiger partial charge in [-0.15, -0.1) is 0 Å². The number of rotatable bonds is 6. The number of aromatic hydroxyl groups is 1. The van der Waals surface area contributed by atoms with Gasteiger partial charge in [-0.05, 0) is 80.0 Å². The maximum atomic E-state index is 15.3. The largest absolute Gasteiger partial charge is 0.504 e. The van der Waals surface area contributed by atoms with Crippen LogP contribution in [0.25, 0.3) is 0 Å². The summed E-state index contributed by atoms with van der Waals surface area (Å²) in [4.78, 5) is 61.6. The van der Waals surface area contributed by atoms with Crippen molar-refractivity contribution in [2.75, 3.05) is 11.5 Å². The van der Waals surface area contributed by atoms with E-state index in [1.165, 1.54) is 4.90 Å². The molecule has 49 heavy (non-hydrogen) atoms. The Morgan fingerprint density at radius 1 is 0.878 bits per heavy atom. The summed E-state index contributed by atoms with van der Waals surface area (Å²) < 4.78 is 5.84. The van der Waals surface area contributed by atoms with Crippen LogP contribution in [-0.2, 0) is 24.6 Å². The second-order valence-corrected chi connectivity index (χ2v) is 14.5. The number of halogens is 1. The fourth-order valence-electron chi connectivity index (χ4n) is 9.82. The highest BCUT2D eigenvalue weighted by atomic mass is 35.5. The van der Waals surface area contributed by atoms with Gasteiger partial charge in [0.25, 0.3) is 0 Å². The fraction of sp³-hybridized carbons (Fsp3) is 0.400. The minimum atomic E-state index is -1.38. The van der Waals surface area contributed by atoms with Gasteiger partial charge < -0.3 is 9.84 Å². The van der Waals surface area contributed by atoms with E-state index in [0.717, 1.165) is 37.7 Å². The summed E-state index contributed by atoms with van der Waals surface area (Å²) in [5.74, 6) is -3.81. The van der Waals surface area contributed by atoms with Crippen molar-refractivity contribution in [3.8, 4) is 11.5 Å². The van der Waals surface area contributed by atoms with Crippen LogP contribution < -0.4 is 9.64 Å². The van der Waals surface area contributed by atoms with Crippen molar-refractivity contribution in [1.82, 2.24) is 4.90 Å². The molecule has 2 aliphatic heterocycles. The van der Waals surface area contributed by atoms with E-state index >= 15 is 4.79 Å². The Balaban J connectivity index is 1.35. The van der Waals surface area contributed by atoms with Crippen LogP contribution in [0.5, 0.6) is 11.5 Å². The second kappa shape index (κ2) is 12.2. The standard InChI is InChI=1S/C40H39ClN2O6/c1-2-49-33-20-23(16-19-32(33)44)35-28-17-18-29-34(38(47)42(36(29)45)26-13-7-4-8-14-26)30(28)22-31-37(46)43(27-15-9-12-25(41)21-27)39(48)40(31,35)24-10-5-3-6-11-24/h3,5-6,9-12,15-17,19-21,26,29-31,34-35,44H,2,4,7-8,13-14,18,22H2,1H3. The van der Waals surface area contributed by atoms with Crippen molar-refractivity contribution in [2.24, 2.45) is 23.7 Å². The molecule has 2 saturated carbocycles. The molecule has 9 heteroatoms. The molecular formula is C40H39ClN2O6. The van der Waals surface area contributed by atoms with Crippen LogP contribution in [-0.4, -0.2) is 46.3 Å². The summed E-state index contributed by atoms with van der Waals surface area (Å²) in [6, 6.07) is 21.2. The first kappa shape index (κ1) is 31.8. The Morgan fingerprint density at radius 2 is 1.65 bits per heavy atom. The molecule has 3 aromatic carbocycles. The van der Waals surface area contributed by atoms with Crippen LogP contribution in [0.4, 0.5) is 5.69 Å². The topological polar surface area (TPSA) is 104 Å². The summed E-state index contributed by atoms with van der Waals surface area (Å²) in [6.07, 6.45) is 7.42. The Bertz CT molecular complexity index is 1890. The molecule has 252 valence electrons. The van der Waals surface area contributed by atoms with Gasteiger partial charge in [-0.25, -0.2) is 4.90 Å². The average Bonchev–Trinajstić information content (AvgIpc) is 3.50. The first-order valence-electron chi connectivity index (χ1n) is 17.5. The quantitative estimate of drug-likeness (QED) is 0.224. The monoisotopic (exact) mass is 678 g/mol. The van der Waals surface area contributed by atoms with E-state index in [0.29, 0.717) is 34.9 Å². The summed E-state index contributed by atoms with van der Waals surface area (Å²) in [7, 11) is 0. The Hall–Kier alpha value is -4.43. The van der Waals surface area contributed by atoms with Gasteiger partial charge in [0.1, 0.15) is 0 Å². The highest BCUT2D eigenvalue weighted by Crippen LogP contribution is 2.65. The molecule has 5 aliphatic rings. The molecule has 0 bridgehead atoms. The van der Waals surface area contributed by atoms with Gasteiger partial charge in [-0.3, -0.25) is 24.1 Å². The highest BCUT2D eigenvalue weighted by molar-refractivity contribution is 6.32. The van der Waals surface area contributed by atoms with Gasteiger partial charge in [0, 0.05) is 17.0 Å². The smallest absolute Gasteiger partial charge is 0.246 e. The molecule has 0 aromatic heterocycles. The zero-order valence-electron chi connectivity index (χ0n) is 27.4. The molecule has 6 unspecified atom stereocenters. The van der Waals surface area contributed by atoms with E-state index in [-0.39, 0.29) is 47.6 Å². The van der Waals surface area contributed by atoms with Crippen molar-refractivity contribution in [3.05, 3.63) is 101 Å². The number of phenols is 1. The number of nitrogens with zero attached hydrogens (tertiary/aromatic N) is 2. The predicted octanol–water partition coefficient (Wildman–Crippen LogP) is 6.94. The number of hydrogen-bond acceptors (Lipinski definition) is 6. The van der Waals surface area contributed by atoms with Crippen LogP contribution in [0, 0.1) is 23.7 Å². The summed E-state index contributed by atoms with van der Waals surface area (Å²) in [6.45, 7) is 2.15. The van der Waals surface area contributed by atoms with Gasteiger partial charge in [-0.1, -0.05) is 85.0 Å². The third-order valence-electron chi connectivity index (χ3n) is 11.8. The Labute approximate surface area is 290 Å². The zero-order valence-corrected chi connectivity index (χ0v) is 28.1. The number of fused-ring (bicyclic) bond motifs is 4. The molecule has 8 nitrogen and oxygen atoms in total. The molecule has 0 radical (unpaired) electrons. The predicted molar refractivity (Wildman–Crippen MR) is 184 cm³/mol. The molecule has 1 N–H and O–H groups in total. The molecule has 2 saturated heterocycles. The first-order chi connectivity index (χ1) is 23.8. The number of carbonyl (C=O) groups excluding carboxylic acids is 4. The normalized spacial score (nSPS) is 29.8. The number of amides is 4. The molecular weight excluding hydrogens is 640 g/mol. The van der Waals surface area contributed by atoms with Gasteiger partial charge in [0.05, 0.1) is 35.5 Å². The van der Waals surface area contributed by atoms with Crippen molar-refractivity contribution < 1.29 is 29.0 Å². The third kappa shape index (κ3) is 4.70. The lowest BCUT2D eigenvalue weighted by Crippen LogP contribution is -2.53. The van der Waals surface area contributed by atoms with Crippen LogP contribution in [0.2, 0.25) is 5.02 Å². The molecule has 8 rings (SSSR count). The maximum absolute atomic E-state index is 15.3. The minimum absolute atomic E-state index is 0.0324. The summed E-state index contributed by atoms with van der Waals surface area (Å²) in [5, 5.41) is 11.1. The lowest BCUT2D eigenvalue weighted by Gasteiger charge is -2.50. The molecule has 4 fully saturated rings. The van der Waals surface area contributed by atoms with E-state index < -0.39 is 35.0 Å². The summed E-state index contributed by atoms with van der Waals surface area (Å²) >= 11 is 6.41. The molecule has 3 aliphatic carbocycles. The Kier molecular flexibility index (Phi) is 7.90. The van der Waals surface area contributed by atoms with Crippen LogP contribution in [0.1, 0.15) is 68.9 Å². The number of anilines is 1. The molecule has 0 spiro atoms.